The van der Waals surface area contributed by atoms with Crippen LogP contribution in [-0.2, 0) is 6.54 Å². The lowest BCUT2D eigenvalue weighted by atomic mass is 10.2. The summed E-state index contributed by atoms with van der Waals surface area (Å²) in [5, 5.41) is 7.00. The fourth-order valence-electron chi connectivity index (χ4n) is 2.07. The molecule has 1 heterocycles. The lowest BCUT2D eigenvalue weighted by molar-refractivity contribution is 0.399. The molecule has 4 N–H and O–H groups in total. The van der Waals surface area contributed by atoms with Gasteiger partial charge in [-0.2, -0.15) is 0 Å². The Morgan fingerprint density at radius 1 is 0.962 bits per heavy atom. The molecule has 2 aromatic carbocycles. The summed E-state index contributed by atoms with van der Waals surface area (Å²) >= 11 is 1.61. The zero-order chi connectivity index (χ0) is 18.6. The van der Waals surface area contributed by atoms with Gasteiger partial charge in [-0.1, -0.05) is 17.9 Å². The molecule has 0 unspecified atom stereocenters. The van der Waals surface area contributed by atoms with Gasteiger partial charge in [0.25, 0.3) is 0 Å². The van der Waals surface area contributed by atoms with Crippen LogP contribution in [0.3, 0.4) is 0 Å². The number of anilines is 1. The summed E-state index contributed by atoms with van der Waals surface area (Å²) in [5.74, 6) is 6.28. The van der Waals surface area contributed by atoms with Crippen molar-refractivity contribution < 1.29 is 5.11 Å². The minimum Gasteiger partial charge on any atom is -0.400 e. The van der Waals surface area contributed by atoms with Crippen molar-refractivity contribution in [2.24, 2.45) is 0 Å². The van der Waals surface area contributed by atoms with E-state index in [4.69, 9.17) is 10.8 Å². The van der Waals surface area contributed by atoms with Crippen molar-refractivity contribution in [3.05, 3.63) is 89.7 Å². The average Bonchev–Trinajstić information content (AvgIpc) is 2.70. The highest BCUT2D eigenvalue weighted by atomic mass is 32.2. The third-order valence-corrected chi connectivity index (χ3v) is 4.10. The molecule has 132 valence electrons. The maximum absolute atomic E-state index is 7.00. The van der Waals surface area contributed by atoms with Crippen LogP contribution in [0.4, 0.5) is 5.69 Å². The Hall–Kier alpha value is -2.78. The van der Waals surface area contributed by atoms with Crippen LogP contribution in [0.25, 0.3) is 0 Å². The largest absolute Gasteiger partial charge is 0.400 e. The fraction of sp³-hybridized carbons (Fsp3) is 0.0952. The monoisotopic (exact) mass is 363 g/mol. The molecule has 0 aliphatic carbocycles. The topological polar surface area (TPSA) is 71.2 Å². The van der Waals surface area contributed by atoms with E-state index in [9.17, 15) is 0 Å². The molecule has 0 bridgehead atoms. The number of nitrogens with zero attached hydrogens (tertiary/aromatic N) is 1. The molecular formula is C21H21N3OS. The molecule has 0 fully saturated rings. The normalized spacial score (nSPS) is 9.46. The molecule has 0 saturated heterocycles. The highest BCUT2D eigenvalue weighted by Crippen LogP contribution is 2.16. The van der Waals surface area contributed by atoms with Crippen LogP contribution in [0.15, 0.2) is 78.0 Å². The molecule has 26 heavy (non-hydrogen) atoms. The molecule has 0 spiro atoms. The Labute approximate surface area is 158 Å². The van der Waals surface area contributed by atoms with Gasteiger partial charge in [-0.15, -0.1) is 0 Å². The molecule has 4 nitrogen and oxygen atoms in total. The standard InChI is InChI=1S/C20H17N3S.CH4O/c21-19-3-1-2-17(14-19)5-4-16-6-8-20(9-7-16)24-23-15-18-10-12-22-13-11-18;1-2/h1-3,6-14,23H,15,21H2;2H,1H3. The van der Waals surface area contributed by atoms with E-state index in [1.54, 1.807) is 24.3 Å². The first-order chi connectivity index (χ1) is 12.8. The molecule has 1 aromatic heterocycles. The quantitative estimate of drug-likeness (QED) is 0.376. The third-order valence-electron chi connectivity index (χ3n) is 3.31. The minimum atomic E-state index is 0.730. The Balaban J connectivity index is 0.00000117. The van der Waals surface area contributed by atoms with Crippen molar-refractivity contribution in [1.82, 2.24) is 9.71 Å². The van der Waals surface area contributed by atoms with Crippen molar-refractivity contribution in [3.8, 4) is 11.8 Å². The maximum atomic E-state index is 7.00. The van der Waals surface area contributed by atoms with Crippen LogP contribution in [0.1, 0.15) is 16.7 Å². The lowest BCUT2D eigenvalue weighted by Crippen LogP contribution is -2.02. The summed E-state index contributed by atoms with van der Waals surface area (Å²) in [6.07, 6.45) is 3.60. The summed E-state index contributed by atoms with van der Waals surface area (Å²) in [7, 11) is 1.00. The van der Waals surface area contributed by atoms with Gasteiger partial charge in [-0.05, 0) is 72.1 Å². The molecule has 3 aromatic rings. The van der Waals surface area contributed by atoms with Crippen LogP contribution in [0.2, 0.25) is 0 Å². The summed E-state index contributed by atoms with van der Waals surface area (Å²) < 4.78 is 3.34. The van der Waals surface area contributed by atoms with Gasteiger partial charge in [0.2, 0.25) is 0 Å². The number of nitrogen functional groups attached to an aromatic ring is 1. The molecule has 3 rings (SSSR count). The zero-order valence-electron chi connectivity index (χ0n) is 14.5. The van der Waals surface area contributed by atoms with Gasteiger partial charge in [0.1, 0.15) is 0 Å². The van der Waals surface area contributed by atoms with E-state index in [1.807, 2.05) is 48.5 Å². The highest BCUT2D eigenvalue weighted by molar-refractivity contribution is 7.97. The molecule has 5 heteroatoms. The Kier molecular flexibility index (Phi) is 8.24. The van der Waals surface area contributed by atoms with E-state index in [2.05, 4.69) is 33.7 Å². The second-order valence-electron chi connectivity index (χ2n) is 5.18. The lowest BCUT2D eigenvalue weighted by Gasteiger charge is -2.04. The summed E-state index contributed by atoms with van der Waals surface area (Å²) in [4.78, 5) is 5.16. The number of pyridine rings is 1. The number of rotatable bonds is 4. The van der Waals surface area contributed by atoms with Crippen molar-refractivity contribution in [3.63, 3.8) is 0 Å². The highest BCUT2D eigenvalue weighted by Gasteiger charge is 1.96. The molecule has 0 saturated carbocycles. The van der Waals surface area contributed by atoms with E-state index < -0.39 is 0 Å². The van der Waals surface area contributed by atoms with E-state index in [-0.39, 0.29) is 0 Å². The summed E-state index contributed by atoms with van der Waals surface area (Å²) in [6, 6.07) is 19.8. The first-order valence-electron chi connectivity index (χ1n) is 8.00. The van der Waals surface area contributed by atoms with Gasteiger partial charge >= 0.3 is 0 Å². The molecular weight excluding hydrogens is 342 g/mol. The van der Waals surface area contributed by atoms with Crippen molar-refractivity contribution >= 4 is 17.6 Å². The van der Waals surface area contributed by atoms with Gasteiger partial charge in [0.15, 0.2) is 0 Å². The van der Waals surface area contributed by atoms with E-state index in [0.29, 0.717) is 0 Å². The smallest absolute Gasteiger partial charge is 0.0326 e. The predicted octanol–water partition coefficient (Wildman–Crippen LogP) is 3.47. The van der Waals surface area contributed by atoms with Gasteiger partial charge in [0.05, 0.1) is 0 Å². The summed E-state index contributed by atoms with van der Waals surface area (Å²) in [5.41, 5.74) is 9.60. The molecule has 0 amide bonds. The number of nitrogens with two attached hydrogens (primary N) is 1. The van der Waals surface area contributed by atoms with Crippen LogP contribution >= 0.6 is 11.9 Å². The number of benzene rings is 2. The predicted molar refractivity (Wildman–Crippen MR) is 108 cm³/mol. The minimum absolute atomic E-state index is 0.730. The van der Waals surface area contributed by atoms with Crippen molar-refractivity contribution in [1.29, 1.82) is 0 Å². The van der Waals surface area contributed by atoms with Crippen LogP contribution in [0.5, 0.6) is 0 Å². The van der Waals surface area contributed by atoms with Crippen molar-refractivity contribution in [2.45, 2.75) is 11.4 Å². The Bertz CT molecular complexity index is 856. The summed E-state index contributed by atoms with van der Waals surface area (Å²) in [6.45, 7) is 0.796. The SMILES string of the molecule is CO.Nc1cccc(C#Cc2ccc(SNCc3ccncc3)cc2)c1. The molecule has 0 radical (unpaired) electrons. The van der Waals surface area contributed by atoms with Crippen molar-refractivity contribution in [2.75, 3.05) is 12.8 Å². The first kappa shape index (κ1) is 19.5. The number of aliphatic hydroxyl groups is 1. The second kappa shape index (κ2) is 11.0. The Morgan fingerprint density at radius 3 is 2.35 bits per heavy atom. The van der Waals surface area contributed by atoms with Gasteiger partial charge in [-0.25, -0.2) is 0 Å². The number of aliphatic hydroxyl groups excluding tert-OH is 1. The average molecular weight is 363 g/mol. The van der Waals surface area contributed by atoms with Gasteiger partial charge < -0.3 is 10.8 Å². The van der Waals surface area contributed by atoms with E-state index in [1.165, 1.54) is 5.56 Å². The number of hydrogen-bond donors (Lipinski definition) is 3. The van der Waals surface area contributed by atoms with Gasteiger partial charge in [-0.3, -0.25) is 9.71 Å². The number of hydrogen-bond acceptors (Lipinski definition) is 5. The molecule has 0 aliphatic rings. The maximum Gasteiger partial charge on any atom is 0.0326 e. The van der Waals surface area contributed by atoms with Gasteiger partial charge in [0, 0.05) is 47.8 Å². The zero-order valence-corrected chi connectivity index (χ0v) is 15.3. The van der Waals surface area contributed by atoms with E-state index >= 15 is 0 Å². The Morgan fingerprint density at radius 2 is 1.65 bits per heavy atom. The number of aromatic nitrogens is 1. The first-order valence-corrected chi connectivity index (χ1v) is 8.82. The van der Waals surface area contributed by atoms with E-state index in [0.717, 1.165) is 35.4 Å². The van der Waals surface area contributed by atoms with Crippen LogP contribution in [0, 0.1) is 11.8 Å². The molecule has 0 atom stereocenters. The fourth-order valence-corrected chi connectivity index (χ4v) is 2.75. The second-order valence-corrected chi connectivity index (χ2v) is 6.14. The molecule has 0 aliphatic heterocycles. The van der Waals surface area contributed by atoms with Crippen LogP contribution in [-0.4, -0.2) is 17.2 Å². The number of nitrogens with one attached hydrogen (secondary N) is 1. The van der Waals surface area contributed by atoms with Crippen LogP contribution < -0.4 is 10.5 Å². The third kappa shape index (κ3) is 6.61.